The van der Waals surface area contributed by atoms with Crippen molar-refractivity contribution in [2.45, 2.75) is 25.4 Å². The molecule has 1 fully saturated rings. The Hall–Kier alpha value is -2.12. The summed E-state index contributed by atoms with van der Waals surface area (Å²) in [7, 11) is 0. The third-order valence-corrected chi connectivity index (χ3v) is 3.75. The van der Waals surface area contributed by atoms with Crippen molar-refractivity contribution in [3.05, 3.63) is 34.9 Å². The third kappa shape index (κ3) is 2.24. The minimum atomic E-state index is -0.116. The molecule has 0 aliphatic heterocycles. The Labute approximate surface area is 125 Å². The van der Waals surface area contributed by atoms with Crippen LogP contribution in [0.15, 0.2) is 18.2 Å². The zero-order chi connectivity index (χ0) is 14.4. The van der Waals surface area contributed by atoms with E-state index >= 15 is 0 Å². The third-order valence-electron chi connectivity index (χ3n) is 3.59. The Morgan fingerprint density at radius 1 is 1.43 bits per heavy atom. The van der Waals surface area contributed by atoms with Crippen molar-refractivity contribution in [2.75, 3.05) is 5.32 Å². The molecule has 3 N–H and O–H groups in total. The number of halogens is 1. The van der Waals surface area contributed by atoms with Gasteiger partial charge in [0.2, 0.25) is 5.28 Å². The SMILES string of the molecule is OCc1ccc2c(Nc3cc(C4CC4)[nH]n3)nc(Cl)nn12. The summed E-state index contributed by atoms with van der Waals surface area (Å²) in [6.45, 7) is -0.116. The average Bonchev–Trinajstić information content (AvgIpc) is 3.07. The van der Waals surface area contributed by atoms with Crippen molar-refractivity contribution >= 4 is 28.8 Å². The van der Waals surface area contributed by atoms with E-state index in [0.717, 1.165) is 11.2 Å². The van der Waals surface area contributed by atoms with Gasteiger partial charge in [0.25, 0.3) is 0 Å². The largest absolute Gasteiger partial charge is 0.390 e. The van der Waals surface area contributed by atoms with Crippen LogP contribution in [0.25, 0.3) is 5.52 Å². The molecule has 3 aromatic heterocycles. The molecule has 21 heavy (non-hydrogen) atoms. The first-order valence-corrected chi connectivity index (χ1v) is 7.10. The van der Waals surface area contributed by atoms with E-state index in [2.05, 4.69) is 25.6 Å². The van der Waals surface area contributed by atoms with Crippen molar-refractivity contribution in [1.82, 2.24) is 24.8 Å². The van der Waals surface area contributed by atoms with Gasteiger partial charge in [-0.1, -0.05) is 0 Å². The summed E-state index contributed by atoms with van der Waals surface area (Å²) in [4.78, 5) is 4.20. The molecule has 0 aromatic carbocycles. The van der Waals surface area contributed by atoms with Gasteiger partial charge in [0.15, 0.2) is 11.6 Å². The van der Waals surface area contributed by atoms with E-state index < -0.39 is 0 Å². The van der Waals surface area contributed by atoms with Gasteiger partial charge in [0.1, 0.15) is 5.52 Å². The highest BCUT2D eigenvalue weighted by atomic mass is 35.5. The quantitative estimate of drug-likeness (QED) is 0.687. The first-order chi connectivity index (χ1) is 10.2. The molecule has 1 aliphatic carbocycles. The minimum absolute atomic E-state index is 0.105. The molecule has 0 bridgehead atoms. The summed E-state index contributed by atoms with van der Waals surface area (Å²) in [6, 6.07) is 5.60. The van der Waals surface area contributed by atoms with Crippen molar-refractivity contribution in [2.24, 2.45) is 0 Å². The number of nitrogens with one attached hydrogen (secondary N) is 2. The predicted octanol–water partition coefficient (Wildman–Crippen LogP) is 2.22. The molecule has 0 radical (unpaired) electrons. The number of rotatable bonds is 4. The maximum atomic E-state index is 9.31. The molecule has 1 aliphatic rings. The maximum Gasteiger partial charge on any atom is 0.243 e. The summed E-state index contributed by atoms with van der Waals surface area (Å²) >= 11 is 5.95. The molecular formula is C13H13ClN6O. The fraction of sp³-hybridized carbons (Fsp3) is 0.308. The fourth-order valence-corrected chi connectivity index (χ4v) is 2.52. The van der Waals surface area contributed by atoms with Crippen molar-refractivity contribution < 1.29 is 5.11 Å². The Bertz CT molecular complexity index is 806. The van der Waals surface area contributed by atoms with Crippen LogP contribution in [0.4, 0.5) is 11.6 Å². The number of aromatic amines is 1. The van der Waals surface area contributed by atoms with Gasteiger partial charge < -0.3 is 10.4 Å². The number of aromatic nitrogens is 5. The van der Waals surface area contributed by atoms with Gasteiger partial charge in [0, 0.05) is 17.7 Å². The van der Waals surface area contributed by atoms with Gasteiger partial charge in [0.05, 0.1) is 12.3 Å². The second-order valence-corrected chi connectivity index (χ2v) is 5.46. The van der Waals surface area contributed by atoms with E-state index in [1.807, 2.05) is 12.1 Å². The maximum absolute atomic E-state index is 9.31. The van der Waals surface area contributed by atoms with Crippen LogP contribution in [-0.2, 0) is 6.61 Å². The van der Waals surface area contributed by atoms with Crippen LogP contribution in [0.1, 0.15) is 30.1 Å². The zero-order valence-corrected chi connectivity index (χ0v) is 11.8. The Morgan fingerprint density at radius 3 is 3.05 bits per heavy atom. The van der Waals surface area contributed by atoms with E-state index in [0.29, 0.717) is 23.2 Å². The second-order valence-electron chi connectivity index (χ2n) is 5.12. The van der Waals surface area contributed by atoms with Gasteiger partial charge >= 0.3 is 0 Å². The molecule has 4 rings (SSSR count). The van der Waals surface area contributed by atoms with E-state index in [9.17, 15) is 5.11 Å². The number of anilines is 2. The molecule has 0 amide bonds. The summed E-state index contributed by atoms with van der Waals surface area (Å²) in [5.41, 5.74) is 2.53. The Balaban J connectivity index is 1.72. The molecule has 0 spiro atoms. The van der Waals surface area contributed by atoms with Crippen LogP contribution < -0.4 is 5.32 Å². The van der Waals surface area contributed by atoms with Crippen LogP contribution in [-0.4, -0.2) is 29.9 Å². The molecular weight excluding hydrogens is 292 g/mol. The fourth-order valence-electron chi connectivity index (χ4n) is 2.36. The highest BCUT2D eigenvalue weighted by Gasteiger charge is 2.25. The summed E-state index contributed by atoms with van der Waals surface area (Å²) in [5.74, 6) is 1.86. The number of fused-ring (bicyclic) bond motifs is 1. The van der Waals surface area contributed by atoms with Gasteiger partial charge in [-0.2, -0.15) is 10.1 Å². The lowest BCUT2D eigenvalue weighted by Crippen LogP contribution is -2.04. The smallest absolute Gasteiger partial charge is 0.243 e. The van der Waals surface area contributed by atoms with E-state index in [1.165, 1.54) is 12.8 Å². The average molecular weight is 305 g/mol. The van der Waals surface area contributed by atoms with Crippen molar-refractivity contribution in [3.63, 3.8) is 0 Å². The Morgan fingerprint density at radius 2 is 2.29 bits per heavy atom. The topological polar surface area (TPSA) is 91.1 Å². The van der Waals surface area contributed by atoms with Crippen LogP contribution in [0.5, 0.6) is 0 Å². The van der Waals surface area contributed by atoms with Gasteiger partial charge in [-0.15, -0.1) is 5.10 Å². The predicted molar refractivity (Wildman–Crippen MR) is 77.8 cm³/mol. The molecule has 3 heterocycles. The monoisotopic (exact) mass is 304 g/mol. The Kier molecular flexibility index (Phi) is 2.83. The van der Waals surface area contributed by atoms with Crippen molar-refractivity contribution in [1.29, 1.82) is 0 Å². The number of H-pyrrole nitrogens is 1. The zero-order valence-electron chi connectivity index (χ0n) is 11.0. The molecule has 0 atom stereocenters. The molecule has 7 nitrogen and oxygen atoms in total. The summed E-state index contributed by atoms with van der Waals surface area (Å²) < 4.78 is 1.58. The summed E-state index contributed by atoms with van der Waals surface area (Å²) in [5, 5.41) is 23.9. The number of hydrogen-bond acceptors (Lipinski definition) is 5. The number of aliphatic hydroxyl groups is 1. The second kappa shape index (κ2) is 4.71. The molecule has 1 saturated carbocycles. The van der Waals surface area contributed by atoms with Crippen LogP contribution in [0.2, 0.25) is 5.28 Å². The van der Waals surface area contributed by atoms with E-state index in [4.69, 9.17) is 11.6 Å². The minimum Gasteiger partial charge on any atom is -0.390 e. The molecule has 108 valence electrons. The normalized spacial score (nSPS) is 14.8. The molecule has 0 unspecified atom stereocenters. The van der Waals surface area contributed by atoms with E-state index in [1.54, 1.807) is 10.6 Å². The number of aliphatic hydroxyl groups excluding tert-OH is 1. The van der Waals surface area contributed by atoms with Gasteiger partial charge in [-0.3, -0.25) is 5.10 Å². The van der Waals surface area contributed by atoms with Crippen LogP contribution in [0, 0.1) is 0 Å². The van der Waals surface area contributed by atoms with Gasteiger partial charge in [-0.05, 0) is 36.6 Å². The number of hydrogen-bond donors (Lipinski definition) is 3. The van der Waals surface area contributed by atoms with Crippen molar-refractivity contribution in [3.8, 4) is 0 Å². The first-order valence-electron chi connectivity index (χ1n) is 6.72. The van der Waals surface area contributed by atoms with Crippen LogP contribution >= 0.6 is 11.6 Å². The molecule has 8 heteroatoms. The lowest BCUT2D eigenvalue weighted by atomic mass is 10.3. The lowest BCUT2D eigenvalue weighted by Gasteiger charge is -2.06. The van der Waals surface area contributed by atoms with Gasteiger partial charge in [-0.25, -0.2) is 4.52 Å². The lowest BCUT2D eigenvalue weighted by molar-refractivity contribution is 0.274. The first kappa shape index (κ1) is 12.6. The van der Waals surface area contributed by atoms with E-state index in [-0.39, 0.29) is 11.9 Å². The molecule has 0 saturated heterocycles. The highest BCUT2D eigenvalue weighted by Crippen LogP contribution is 2.39. The standard InChI is InChI=1S/C13H13ClN6O/c14-13-16-12(10-4-3-8(6-21)20(10)19-13)15-11-5-9(17-18-11)7-1-2-7/h3-5,7,21H,1-2,6H2,(H2,15,16,17,18,19). The summed E-state index contributed by atoms with van der Waals surface area (Å²) in [6.07, 6.45) is 2.42. The van der Waals surface area contributed by atoms with Crippen LogP contribution in [0.3, 0.4) is 0 Å². The molecule has 3 aromatic rings. The number of nitrogens with zero attached hydrogens (tertiary/aromatic N) is 4. The highest BCUT2D eigenvalue weighted by molar-refractivity contribution is 6.28.